The Morgan fingerprint density at radius 2 is 2.00 bits per heavy atom. The quantitative estimate of drug-likeness (QED) is 0.539. The van der Waals surface area contributed by atoms with Crippen molar-refractivity contribution in [2.24, 2.45) is 0 Å². The number of carbonyl (C=O) groups excluding carboxylic acids is 2. The van der Waals surface area contributed by atoms with Crippen LogP contribution in [0.2, 0.25) is 4.34 Å². The van der Waals surface area contributed by atoms with Crippen LogP contribution in [-0.2, 0) is 17.8 Å². The molecule has 0 atom stereocenters. The lowest BCUT2D eigenvalue weighted by molar-refractivity contribution is -0.115. The fourth-order valence-electron chi connectivity index (χ4n) is 3.21. The summed E-state index contributed by atoms with van der Waals surface area (Å²) in [6.07, 6.45) is -1.71. The molecule has 0 spiro atoms. The molecule has 0 unspecified atom stereocenters. The molecule has 33 heavy (non-hydrogen) atoms. The van der Waals surface area contributed by atoms with Crippen molar-refractivity contribution in [3.63, 3.8) is 0 Å². The van der Waals surface area contributed by atoms with E-state index < -0.39 is 30.3 Å². The van der Waals surface area contributed by atoms with Crippen LogP contribution >= 0.6 is 22.9 Å². The first kappa shape index (κ1) is 22.6. The van der Waals surface area contributed by atoms with E-state index in [9.17, 15) is 27.6 Å². The maximum atomic E-state index is 13.8. The minimum Gasteiger partial charge on any atom is -0.325 e. The maximum Gasteiger partial charge on any atom is 0.286 e. The molecule has 0 saturated carbocycles. The highest BCUT2D eigenvalue weighted by atomic mass is 35.5. The highest BCUT2D eigenvalue weighted by molar-refractivity contribution is 7.18. The molecule has 6 nitrogen and oxygen atoms in total. The number of hydrogen-bond donors (Lipinski definition) is 2. The highest BCUT2D eigenvalue weighted by Crippen LogP contribution is 2.29. The van der Waals surface area contributed by atoms with Crippen LogP contribution in [0.25, 0.3) is 0 Å². The lowest BCUT2D eigenvalue weighted by Gasteiger charge is -2.09. The summed E-state index contributed by atoms with van der Waals surface area (Å²) in [6, 6.07) is 7.49. The Hall–Kier alpha value is -3.55. The number of carbonyl (C=O) groups is 2. The molecule has 1 aliphatic rings. The van der Waals surface area contributed by atoms with Crippen LogP contribution in [0, 0.1) is 17.7 Å². The van der Waals surface area contributed by atoms with Crippen LogP contribution in [0.4, 0.5) is 24.5 Å². The van der Waals surface area contributed by atoms with Crippen molar-refractivity contribution in [3.05, 3.63) is 78.6 Å². The molecule has 4 rings (SSSR count). The highest BCUT2D eigenvalue weighted by Gasteiger charge is 2.20. The molecule has 1 aromatic carbocycles. The van der Waals surface area contributed by atoms with Gasteiger partial charge in [-0.2, -0.15) is 0 Å². The number of anilines is 2. The Morgan fingerprint density at radius 1 is 1.24 bits per heavy atom. The summed E-state index contributed by atoms with van der Waals surface area (Å²) in [5, 5.41) is 5.11. The third-order valence-corrected chi connectivity index (χ3v) is 6.02. The SMILES string of the molecule is O=C1Cc2c(C#Cc3cc(C(=O)Nc4cc(F)c(=O)n(CC(F)F)c4)sc3Cl)cccc2N1. The number of alkyl halides is 2. The number of hydrogen-bond acceptors (Lipinski definition) is 4. The molecule has 3 aromatic rings. The number of nitrogens with zero attached hydrogens (tertiary/aromatic N) is 1. The Labute approximate surface area is 194 Å². The summed E-state index contributed by atoms with van der Waals surface area (Å²) in [7, 11) is 0. The van der Waals surface area contributed by atoms with Gasteiger partial charge in [0.15, 0.2) is 5.82 Å². The number of halogens is 4. The molecule has 2 N–H and O–H groups in total. The predicted molar refractivity (Wildman–Crippen MR) is 119 cm³/mol. The second kappa shape index (κ2) is 9.13. The average molecular weight is 492 g/mol. The molecule has 3 heterocycles. The van der Waals surface area contributed by atoms with Crippen molar-refractivity contribution >= 4 is 46.1 Å². The number of nitrogens with one attached hydrogen (secondary N) is 2. The maximum absolute atomic E-state index is 13.8. The molecule has 0 saturated heterocycles. The van der Waals surface area contributed by atoms with Crippen LogP contribution in [0.5, 0.6) is 0 Å². The number of aromatic nitrogens is 1. The van der Waals surface area contributed by atoms with Gasteiger partial charge in [0.1, 0.15) is 4.34 Å². The van der Waals surface area contributed by atoms with Crippen molar-refractivity contribution in [3.8, 4) is 11.8 Å². The molecule has 2 amide bonds. The van der Waals surface area contributed by atoms with E-state index in [1.54, 1.807) is 18.2 Å². The van der Waals surface area contributed by atoms with Crippen LogP contribution in [0.1, 0.15) is 26.4 Å². The van der Waals surface area contributed by atoms with E-state index in [0.29, 0.717) is 21.4 Å². The Balaban J connectivity index is 1.56. The summed E-state index contributed by atoms with van der Waals surface area (Å²) in [6.45, 7) is -1.01. The Morgan fingerprint density at radius 3 is 2.76 bits per heavy atom. The van der Waals surface area contributed by atoms with Gasteiger partial charge >= 0.3 is 0 Å². The molecule has 11 heteroatoms. The van der Waals surface area contributed by atoms with Gasteiger partial charge in [-0.1, -0.05) is 29.5 Å². The van der Waals surface area contributed by atoms with Gasteiger partial charge in [-0.05, 0) is 18.2 Å². The smallest absolute Gasteiger partial charge is 0.286 e. The number of benzene rings is 1. The molecule has 168 valence electrons. The van der Waals surface area contributed by atoms with E-state index >= 15 is 0 Å². The van der Waals surface area contributed by atoms with Crippen molar-refractivity contribution in [2.45, 2.75) is 19.4 Å². The number of rotatable bonds is 4. The number of pyridine rings is 1. The fourth-order valence-corrected chi connectivity index (χ4v) is 4.30. The van der Waals surface area contributed by atoms with Crippen LogP contribution in [-0.4, -0.2) is 22.8 Å². The largest absolute Gasteiger partial charge is 0.325 e. The monoisotopic (exact) mass is 491 g/mol. The van der Waals surface area contributed by atoms with Crippen molar-refractivity contribution in [1.82, 2.24) is 4.57 Å². The second-order valence-electron chi connectivity index (χ2n) is 6.98. The zero-order chi connectivity index (χ0) is 23.7. The number of thiophene rings is 1. The summed E-state index contributed by atoms with van der Waals surface area (Å²) in [4.78, 5) is 36.0. The van der Waals surface area contributed by atoms with Gasteiger partial charge in [-0.15, -0.1) is 11.3 Å². The predicted octanol–water partition coefficient (Wildman–Crippen LogP) is 4.11. The minimum atomic E-state index is -2.87. The Bertz CT molecular complexity index is 1410. The molecule has 0 fully saturated rings. The number of fused-ring (bicyclic) bond motifs is 1. The molecular weight excluding hydrogens is 479 g/mol. The van der Waals surface area contributed by atoms with Crippen molar-refractivity contribution in [1.29, 1.82) is 0 Å². The summed E-state index contributed by atoms with van der Waals surface area (Å²) < 4.78 is 39.8. The van der Waals surface area contributed by atoms with Gasteiger partial charge < -0.3 is 15.2 Å². The summed E-state index contributed by atoms with van der Waals surface area (Å²) in [5.41, 5.74) is 1.12. The normalized spacial score (nSPS) is 12.2. The third kappa shape index (κ3) is 4.94. The van der Waals surface area contributed by atoms with Gasteiger partial charge in [0.2, 0.25) is 5.91 Å². The lowest BCUT2D eigenvalue weighted by atomic mass is 10.1. The second-order valence-corrected chi connectivity index (χ2v) is 8.64. The van der Waals surface area contributed by atoms with Gasteiger partial charge in [0.05, 0.1) is 29.1 Å². The minimum absolute atomic E-state index is 0.122. The fraction of sp³-hybridized carbons (Fsp3) is 0.136. The van der Waals surface area contributed by atoms with Crippen molar-refractivity contribution < 1.29 is 22.8 Å². The molecule has 0 aliphatic carbocycles. The van der Waals surface area contributed by atoms with Gasteiger partial charge in [-0.3, -0.25) is 14.4 Å². The van der Waals surface area contributed by atoms with E-state index in [4.69, 9.17) is 11.6 Å². The van der Waals surface area contributed by atoms with Gasteiger partial charge in [0, 0.05) is 29.1 Å². The van der Waals surface area contributed by atoms with E-state index in [-0.39, 0.29) is 27.2 Å². The summed E-state index contributed by atoms with van der Waals surface area (Å²) in [5.74, 6) is 3.77. The van der Waals surface area contributed by atoms with Crippen LogP contribution in [0.3, 0.4) is 0 Å². The van der Waals surface area contributed by atoms with E-state index in [1.165, 1.54) is 6.07 Å². The van der Waals surface area contributed by atoms with Gasteiger partial charge in [-0.25, -0.2) is 13.2 Å². The molecular formula is C22H13ClF3N3O3S. The molecule has 1 aliphatic heterocycles. The standard InChI is InChI=1S/C22H13ClF3N3O3S/c23-20-12(5-4-11-2-1-3-16-14(11)8-19(30)28-16)6-17(33-20)21(31)27-13-7-15(24)22(32)29(9-13)10-18(25)26/h1-3,6-7,9,18H,8,10H2,(H,27,31)(H,28,30). The third-order valence-electron chi connectivity index (χ3n) is 4.66. The first-order valence-corrected chi connectivity index (χ1v) is 10.6. The van der Waals surface area contributed by atoms with Crippen molar-refractivity contribution in [2.75, 3.05) is 10.6 Å². The van der Waals surface area contributed by atoms with E-state index in [1.807, 2.05) is 0 Å². The summed E-state index contributed by atoms with van der Waals surface area (Å²) >= 11 is 7.14. The molecule has 0 bridgehead atoms. The molecule has 0 radical (unpaired) electrons. The number of amides is 2. The zero-order valence-electron chi connectivity index (χ0n) is 16.5. The average Bonchev–Trinajstić information content (AvgIpc) is 3.31. The topological polar surface area (TPSA) is 80.2 Å². The van der Waals surface area contributed by atoms with Crippen LogP contribution < -0.4 is 16.2 Å². The lowest BCUT2D eigenvalue weighted by Crippen LogP contribution is -2.26. The first-order chi connectivity index (χ1) is 15.7. The molecule has 2 aromatic heterocycles. The Kier molecular flexibility index (Phi) is 6.26. The zero-order valence-corrected chi connectivity index (χ0v) is 18.1. The van der Waals surface area contributed by atoms with Gasteiger partial charge in [0.25, 0.3) is 17.9 Å². The van der Waals surface area contributed by atoms with E-state index in [2.05, 4.69) is 22.5 Å². The first-order valence-electron chi connectivity index (χ1n) is 9.44. The van der Waals surface area contributed by atoms with Crippen LogP contribution in [0.15, 0.2) is 41.3 Å². The van der Waals surface area contributed by atoms with E-state index in [0.717, 1.165) is 29.2 Å².